The zero-order valence-electron chi connectivity index (χ0n) is 10.4. The average Bonchev–Trinajstić information content (AvgIpc) is 2.36. The summed E-state index contributed by atoms with van der Waals surface area (Å²) in [6.45, 7) is 1.80. The van der Waals surface area contributed by atoms with Crippen LogP contribution in [-0.4, -0.2) is 0 Å². The van der Waals surface area contributed by atoms with Crippen molar-refractivity contribution < 1.29 is 8.78 Å². The lowest BCUT2D eigenvalue weighted by Gasteiger charge is -2.18. The lowest BCUT2D eigenvalue weighted by atomic mass is 10.1. The van der Waals surface area contributed by atoms with Gasteiger partial charge in [0, 0.05) is 12.1 Å². The van der Waals surface area contributed by atoms with Crippen LogP contribution in [0.1, 0.15) is 18.5 Å². The summed E-state index contributed by atoms with van der Waals surface area (Å²) >= 11 is 17.6. The molecule has 0 amide bonds. The summed E-state index contributed by atoms with van der Waals surface area (Å²) in [5.41, 5.74) is 0.853. The molecule has 0 heterocycles. The monoisotopic (exact) mass is 335 g/mol. The Morgan fingerprint density at radius 3 is 2.25 bits per heavy atom. The van der Waals surface area contributed by atoms with Gasteiger partial charge in [-0.25, -0.2) is 8.78 Å². The maximum Gasteiger partial charge on any atom is 0.150 e. The summed E-state index contributed by atoms with van der Waals surface area (Å²) in [5, 5.41) is 3.72. The minimum atomic E-state index is -0.748. The molecule has 1 nitrogen and oxygen atoms in total. The fourth-order valence-corrected chi connectivity index (χ4v) is 2.32. The molecule has 106 valence electrons. The molecule has 0 aromatic heterocycles. The number of rotatable bonds is 3. The molecule has 0 aliphatic rings. The Labute approximate surface area is 130 Å². The fourth-order valence-electron chi connectivity index (χ4n) is 1.76. The van der Waals surface area contributed by atoms with Crippen molar-refractivity contribution >= 4 is 40.5 Å². The number of benzene rings is 2. The molecular weight excluding hydrogens is 327 g/mol. The van der Waals surface area contributed by atoms with Crippen molar-refractivity contribution in [2.24, 2.45) is 0 Å². The fraction of sp³-hybridized carbons (Fsp3) is 0.143. The van der Waals surface area contributed by atoms with Gasteiger partial charge in [0.25, 0.3) is 0 Å². The Balaban J connectivity index is 2.27. The molecule has 0 bridgehead atoms. The molecule has 1 unspecified atom stereocenters. The van der Waals surface area contributed by atoms with E-state index in [0.29, 0.717) is 10.0 Å². The van der Waals surface area contributed by atoms with Crippen LogP contribution in [0.4, 0.5) is 14.5 Å². The first kappa shape index (κ1) is 15.4. The summed E-state index contributed by atoms with van der Waals surface area (Å²) in [7, 11) is 0. The highest BCUT2D eigenvalue weighted by Crippen LogP contribution is 2.31. The van der Waals surface area contributed by atoms with E-state index >= 15 is 0 Å². The van der Waals surface area contributed by atoms with Crippen molar-refractivity contribution in [2.75, 3.05) is 5.32 Å². The Morgan fingerprint density at radius 1 is 0.950 bits per heavy atom. The van der Waals surface area contributed by atoms with Gasteiger partial charge in [-0.3, -0.25) is 0 Å². The summed E-state index contributed by atoms with van der Waals surface area (Å²) in [6, 6.07) is 6.64. The molecule has 1 N–H and O–H groups in total. The molecule has 2 aromatic rings. The van der Waals surface area contributed by atoms with Gasteiger partial charge >= 0.3 is 0 Å². The second kappa shape index (κ2) is 6.17. The van der Waals surface area contributed by atoms with Crippen LogP contribution >= 0.6 is 34.8 Å². The van der Waals surface area contributed by atoms with E-state index in [1.807, 2.05) is 0 Å². The smallest absolute Gasteiger partial charge is 0.150 e. The van der Waals surface area contributed by atoms with Gasteiger partial charge in [-0.05, 0) is 30.7 Å². The first-order chi connectivity index (χ1) is 9.38. The summed E-state index contributed by atoms with van der Waals surface area (Å²) in [6.07, 6.45) is 0. The number of hydrogen-bond donors (Lipinski definition) is 1. The second-order valence-electron chi connectivity index (χ2n) is 4.28. The molecule has 0 saturated carbocycles. The van der Waals surface area contributed by atoms with E-state index in [1.54, 1.807) is 25.1 Å². The minimum absolute atomic E-state index is 0.0191. The van der Waals surface area contributed by atoms with Crippen LogP contribution in [0.25, 0.3) is 0 Å². The number of halogens is 5. The molecule has 1 atom stereocenters. The molecule has 0 fully saturated rings. The third kappa shape index (κ3) is 3.35. The van der Waals surface area contributed by atoms with Crippen LogP contribution in [-0.2, 0) is 0 Å². The first-order valence-corrected chi connectivity index (χ1v) is 6.88. The molecule has 20 heavy (non-hydrogen) atoms. The molecule has 0 radical (unpaired) electrons. The number of anilines is 1. The van der Waals surface area contributed by atoms with Gasteiger partial charge in [0.1, 0.15) is 5.82 Å². The standard InChI is InChI=1S/C14H10Cl3F2N/c1-7(8-2-3-10(15)11(16)4-8)20-14-12(17)5-9(18)6-13(14)19/h2-7,20H,1H3. The zero-order valence-corrected chi connectivity index (χ0v) is 12.6. The molecule has 6 heteroatoms. The van der Waals surface area contributed by atoms with Crippen molar-refractivity contribution in [3.8, 4) is 0 Å². The Hall–Kier alpha value is -1.03. The van der Waals surface area contributed by atoms with E-state index in [0.717, 1.165) is 17.7 Å². The van der Waals surface area contributed by atoms with Crippen LogP contribution in [0.2, 0.25) is 15.1 Å². The minimum Gasteiger partial charge on any atom is -0.375 e. The van der Waals surface area contributed by atoms with Gasteiger partial charge in [0.05, 0.1) is 20.8 Å². The zero-order chi connectivity index (χ0) is 14.9. The predicted molar refractivity (Wildman–Crippen MR) is 79.9 cm³/mol. The molecule has 0 aliphatic heterocycles. The third-order valence-corrected chi connectivity index (χ3v) is 3.85. The maximum atomic E-state index is 13.7. The van der Waals surface area contributed by atoms with Crippen molar-refractivity contribution in [3.05, 3.63) is 62.6 Å². The molecule has 0 aliphatic carbocycles. The first-order valence-electron chi connectivity index (χ1n) is 5.74. The second-order valence-corrected chi connectivity index (χ2v) is 5.51. The summed E-state index contributed by atoms with van der Waals surface area (Å²) < 4.78 is 26.7. The average molecular weight is 337 g/mol. The normalized spacial score (nSPS) is 12.3. The maximum absolute atomic E-state index is 13.7. The van der Waals surface area contributed by atoms with Crippen LogP contribution in [0.15, 0.2) is 30.3 Å². The van der Waals surface area contributed by atoms with Crippen LogP contribution in [0.3, 0.4) is 0 Å². The van der Waals surface area contributed by atoms with Crippen molar-refractivity contribution in [1.82, 2.24) is 0 Å². The van der Waals surface area contributed by atoms with E-state index < -0.39 is 11.6 Å². The topological polar surface area (TPSA) is 12.0 Å². The lowest BCUT2D eigenvalue weighted by molar-refractivity contribution is 0.584. The van der Waals surface area contributed by atoms with E-state index in [9.17, 15) is 8.78 Å². The van der Waals surface area contributed by atoms with Crippen molar-refractivity contribution in [2.45, 2.75) is 13.0 Å². The largest absolute Gasteiger partial charge is 0.375 e. The predicted octanol–water partition coefficient (Wildman–Crippen LogP) is 6.10. The summed E-state index contributed by atoms with van der Waals surface area (Å²) in [4.78, 5) is 0. The number of hydrogen-bond acceptors (Lipinski definition) is 1. The van der Waals surface area contributed by atoms with E-state index in [4.69, 9.17) is 34.8 Å². The van der Waals surface area contributed by atoms with Gasteiger partial charge in [-0.2, -0.15) is 0 Å². The Morgan fingerprint density at radius 2 is 1.65 bits per heavy atom. The van der Waals surface area contributed by atoms with Crippen molar-refractivity contribution in [1.29, 1.82) is 0 Å². The Bertz CT molecular complexity index is 623. The lowest BCUT2D eigenvalue weighted by Crippen LogP contribution is -2.08. The Kier molecular flexibility index (Phi) is 4.74. The van der Waals surface area contributed by atoms with Gasteiger partial charge in [-0.15, -0.1) is 0 Å². The highest BCUT2D eigenvalue weighted by atomic mass is 35.5. The summed E-state index contributed by atoms with van der Waals surface area (Å²) in [5.74, 6) is -1.47. The van der Waals surface area contributed by atoms with Gasteiger partial charge in [0.15, 0.2) is 5.82 Å². The highest BCUT2D eigenvalue weighted by molar-refractivity contribution is 6.42. The van der Waals surface area contributed by atoms with Crippen LogP contribution < -0.4 is 5.32 Å². The van der Waals surface area contributed by atoms with Crippen LogP contribution in [0, 0.1) is 11.6 Å². The van der Waals surface area contributed by atoms with Gasteiger partial charge in [-0.1, -0.05) is 40.9 Å². The SMILES string of the molecule is CC(Nc1c(F)cc(F)cc1Cl)c1ccc(Cl)c(Cl)c1. The van der Waals surface area contributed by atoms with E-state index in [-0.39, 0.29) is 16.8 Å². The van der Waals surface area contributed by atoms with E-state index in [1.165, 1.54) is 0 Å². The highest BCUT2D eigenvalue weighted by Gasteiger charge is 2.14. The molecule has 0 saturated heterocycles. The van der Waals surface area contributed by atoms with Crippen molar-refractivity contribution in [3.63, 3.8) is 0 Å². The number of nitrogens with one attached hydrogen (secondary N) is 1. The quantitative estimate of drug-likeness (QED) is 0.714. The molecule has 2 aromatic carbocycles. The van der Waals surface area contributed by atoms with Crippen LogP contribution in [0.5, 0.6) is 0 Å². The molecule has 0 spiro atoms. The molecule has 2 rings (SSSR count). The third-order valence-electron chi connectivity index (χ3n) is 2.81. The van der Waals surface area contributed by atoms with Gasteiger partial charge in [0.2, 0.25) is 0 Å². The molecular formula is C14H10Cl3F2N. The van der Waals surface area contributed by atoms with E-state index in [2.05, 4.69) is 5.32 Å². The van der Waals surface area contributed by atoms with Gasteiger partial charge < -0.3 is 5.32 Å².